The number of esters is 1. The molecule has 0 spiro atoms. The number of aryl methyl sites for hydroxylation is 1. The Morgan fingerprint density at radius 2 is 2.03 bits per heavy atom. The largest absolute Gasteiger partial charge is 0.490 e. The lowest BCUT2D eigenvalue weighted by atomic mass is 9.88. The van der Waals surface area contributed by atoms with Crippen molar-refractivity contribution in [2.45, 2.75) is 38.3 Å². The third-order valence-electron chi connectivity index (χ3n) is 5.54. The Hall–Kier alpha value is -2.54. The third-order valence-corrected chi connectivity index (χ3v) is 5.54. The van der Waals surface area contributed by atoms with Gasteiger partial charge in [0.25, 0.3) is 0 Å². The molecule has 0 radical (unpaired) electrons. The van der Waals surface area contributed by atoms with E-state index in [0.717, 1.165) is 30.2 Å². The lowest BCUT2D eigenvalue weighted by Gasteiger charge is -2.26. The fourth-order valence-electron chi connectivity index (χ4n) is 3.99. The molecule has 2 aromatic carbocycles. The average molecular weight is 445 g/mol. The molecule has 1 aromatic heterocycles. The molecule has 7 heteroatoms. The van der Waals surface area contributed by atoms with Crippen LogP contribution in [0, 0.1) is 0 Å². The van der Waals surface area contributed by atoms with Crippen LogP contribution in [0.2, 0.25) is 0 Å². The van der Waals surface area contributed by atoms with Gasteiger partial charge in [0.1, 0.15) is 24.2 Å². The minimum Gasteiger partial charge on any atom is -0.490 e. The first-order chi connectivity index (χ1) is 14.6. The van der Waals surface area contributed by atoms with E-state index in [1.807, 2.05) is 18.2 Å². The summed E-state index contributed by atoms with van der Waals surface area (Å²) in [7, 11) is 0. The van der Waals surface area contributed by atoms with Gasteiger partial charge in [-0.05, 0) is 55.5 Å². The number of halogens is 1. The number of fused-ring (bicyclic) bond motifs is 2. The predicted molar refractivity (Wildman–Crippen MR) is 123 cm³/mol. The first-order valence-electron chi connectivity index (χ1n) is 10.5. The fraction of sp³-hybridized carbons (Fsp3) is 0.375. The van der Waals surface area contributed by atoms with Crippen LogP contribution in [-0.2, 0) is 17.6 Å². The molecule has 0 fully saturated rings. The van der Waals surface area contributed by atoms with Crippen molar-refractivity contribution in [1.82, 2.24) is 10.3 Å². The summed E-state index contributed by atoms with van der Waals surface area (Å²) in [6.45, 7) is 2.75. The number of rotatable bonds is 8. The highest BCUT2D eigenvalue weighted by molar-refractivity contribution is 5.97. The molecular formula is C24H29ClN2O4. The first-order valence-corrected chi connectivity index (χ1v) is 10.5. The topological polar surface area (TPSA) is 83.6 Å². The number of ether oxygens (including phenoxy) is 2. The maximum Gasteiger partial charge on any atom is 0.354 e. The number of nitrogens with one attached hydrogen (secondary N) is 2. The van der Waals surface area contributed by atoms with Crippen molar-refractivity contribution in [3.05, 3.63) is 65.4 Å². The van der Waals surface area contributed by atoms with Crippen LogP contribution < -0.4 is 10.1 Å². The number of H-pyrrole nitrogens is 1. The molecule has 0 saturated carbocycles. The molecule has 1 aliphatic rings. The summed E-state index contributed by atoms with van der Waals surface area (Å²) in [5.41, 5.74) is 4.01. The number of benzene rings is 2. The van der Waals surface area contributed by atoms with E-state index in [1.54, 1.807) is 13.0 Å². The lowest BCUT2D eigenvalue weighted by molar-refractivity contribution is 0.0520. The molecule has 0 aliphatic heterocycles. The van der Waals surface area contributed by atoms with Gasteiger partial charge < -0.3 is 24.9 Å². The maximum atomic E-state index is 12.0. The average Bonchev–Trinajstić information content (AvgIpc) is 3.21. The Kier molecular flexibility index (Phi) is 7.96. The van der Waals surface area contributed by atoms with Gasteiger partial charge in [-0.1, -0.05) is 30.3 Å². The Morgan fingerprint density at radius 1 is 1.23 bits per heavy atom. The zero-order valence-corrected chi connectivity index (χ0v) is 18.4. The van der Waals surface area contributed by atoms with Crippen molar-refractivity contribution < 1.29 is 19.4 Å². The van der Waals surface area contributed by atoms with Gasteiger partial charge in [0.15, 0.2) is 0 Å². The molecular weight excluding hydrogens is 416 g/mol. The van der Waals surface area contributed by atoms with Crippen LogP contribution in [0.5, 0.6) is 5.75 Å². The van der Waals surface area contributed by atoms with Crippen molar-refractivity contribution in [2.24, 2.45) is 0 Å². The second kappa shape index (κ2) is 10.7. The van der Waals surface area contributed by atoms with Crippen molar-refractivity contribution in [1.29, 1.82) is 0 Å². The molecule has 3 aromatic rings. The molecule has 0 saturated heterocycles. The maximum absolute atomic E-state index is 12.0. The van der Waals surface area contributed by atoms with Gasteiger partial charge in [0.05, 0.1) is 6.61 Å². The van der Waals surface area contributed by atoms with Crippen LogP contribution in [0.4, 0.5) is 0 Å². The highest BCUT2D eigenvalue weighted by Gasteiger charge is 2.19. The van der Waals surface area contributed by atoms with Crippen LogP contribution in [-0.4, -0.2) is 48.0 Å². The first kappa shape index (κ1) is 23.1. The third kappa shape index (κ3) is 5.58. The number of aliphatic hydroxyl groups is 1. The van der Waals surface area contributed by atoms with E-state index in [0.29, 0.717) is 30.6 Å². The van der Waals surface area contributed by atoms with E-state index in [-0.39, 0.29) is 19.0 Å². The molecule has 0 amide bonds. The summed E-state index contributed by atoms with van der Waals surface area (Å²) in [6, 6.07) is 16.2. The van der Waals surface area contributed by atoms with E-state index in [1.165, 1.54) is 11.1 Å². The minimum absolute atomic E-state index is 0. The quantitative estimate of drug-likeness (QED) is 0.462. The summed E-state index contributed by atoms with van der Waals surface area (Å²) in [5, 5.41) is 14.7. The summed E-state index contributed by atoms with van der Waals surface area (Å²) in [4.78, 5) is 15.0. The molecule has 31 heavy (non-hydrogen) atoms. The van der Waals surface area contributed by atoms with Gasteiger partial charge in [-0.3, -0.25) is 0 Å². The zero-order valence-electron chi connectivity index (χ0n) is 17.6. The summed E-state index contributed by atoms with van der Waals surface area (Å²) in [5.74, 6) is 0.239. The van der Waals surface area contributed by atoms with E-state index >= 15 is 0 Å². The van der Waals surface area contributed by atoms with Crippen molar-refractivity contribution in [3.63, 3.8) is 0 Å². The molecule has 4 rings (SSSR count). The fourth-order valence-corrected chi connectivity index (χ4v) is 3.99. The summed E-state index contributed by atoms with van der Waals surface area (Å²) >= 11 is 0. The van der Waals surface area contributed by atoms with Gasteiger partial charge in [-0.15, -0.1) is 12.4 Å². The number of aromatic nitrogens is 1. The van der Waals surface area contributed by atoms with E-state index in [4.69, 9.17) is 9.47 Å². The second-order valence-electron chi connectivity index (χ2n) is 7.70. The van der Waals surface area contributed by atoms with Crippen LogP contribution in [0.3, 0.4) is 0 Å². The molecule has 2 unspecified atom stereocenters. The molecule has 0 bridgehead atoms. The van der Waals surface area contributed by atoms with Crippen molar-refractivity contribution in [2.75, 3.05) is 19.8 Å². The number of carbonyl (C=O) groups excluding carboxylic acids is 1. The number of hydrogen-bond donors (Lipinski definition) is 3. The highest BCUT2D eigenvalue weighted by Crippen LogP contribution is 2.27. The number of aromatic amines is 1. The zero-order chi connectivity index (χ0) is 20.9. The van der Waals surface area contributed by atoms with Gasteiger partial charge in [-0.25, -0.2) is 4.79 Å². The molecule has 3 N–H and O–H groups in total. The van der Waals surface area contributed by atoms with Crippen LogP contribution in [0.15, 0.2) is 48.5 Å². The van der Waals surface area contributed by atoms with Gasteiger partial charge in [0.2, 0.25) is 0 Å². The summed E-state index contributed by atoms with van der Waals surface area (Å²) in [6.07, 6.45) is 2.51. The Labute approximate surface area is 188 Å². The van der Waals surface area contributed by atoms with E-state index < -0.39 is 12.1 Å². The molecule has 1 heterocycles. The minimum atomic E-state index is -0.624. The summed E-state index contributed by atoms with van der Waals surface area (Å²) < 4.78 is 10.9. The van der Waals surface area contributed by atoms with Gasteiger partial charge >= 0.3 is 5.97 Å². The van der Waals surface area contributed by atoms with E-state index in [9.17, 15) is 9.90 Å². The SMILES string of the molecule is CCOC(=O)c1cc2c(OCC(O)CNC3CCc4ccccc4C3)cccc2[nH]1.Cl. The normalized spacial score (nSPS) is 16.3. The van der Waals surface area contributed by atoms with Crippen LogP contribution >= 0.6 is 12.4 Å². The standard InChI is InChI=1S/C24H28N2O4.ClH/c1-2-29-24(28)22-13-20-21(26-22)8-5-9-23(20)30-15-19(27)14-25-18-11-10-16-6-3-4-7-17(16)12-18;/h3-9,13,18-19,25-27H,2,10-12,14-15H2,1H3;1H. The Balaban J connectivity index is 0.00000272. The van der Waals surface area contributed by atoms with Gasteiger partial charge in [-0.2, -0.15) is 0 Å². The van der Waals surface area contributed by atoms with Crippen molar-refractivity contribution in [3.8, 4) is 5.75 Å². The number of aliphatic hydroxyl groups excluding tert-OH is 1. The predicted octanol–water partition coefficient (Wildman–Crippen LogP) is 3.65. The number of carbonyl (C=O) groups is 1. The smallest absolute Gasteiger partial charge is 0.354 e. The molecule has 166 valence electrons. The van der Waals surface area contributed by atoms with Crippen LogP contribution in [0.1, 0.15) is 35.0 Å². The lowest BCUT2D eigenvalue weighted by Crippen LogP contribution is -2.40. The van der Waals surface area contributed by atoms with Crippen molar-refractivity contribution >= 4 is 29.3 Å². The monoisotopic (exact) mass is 444 g/mol. The molecule has 6 nitrogen and oxygen atoms in total. The van der Waals surface area contributed by atoms with Crippen LogP contribution in [0.25, 0.3) is 10.9 Å². The second-order valence-corrected chi connectivity index (χ2v) is 7.70. The van der Waals surface area contributed by atoms with E-state index in [2.05, 4.69) is 34.6 Å². The highest BCUT2D eigenvalue weighted by atomic mass is 35.5. The molecule has 1 aliphatic carbocycles. The number of hydrogen-bond acceptors (Lipinski definition) is 5. The Morgan fingerprint density at radius 3 is 2.84 bits per heavy atom. The Bertz CT molecular complexity index is 1020. The van der Waals surface area contributed by atoms with Gasteiger partial charge in [0, 0.05) is 23.5 Å². The molecule has 2 atom stereocenters.